The molecule has 3 heterocycles. The van der Waals surface area contributed by atoms with E-state index in [1.165, 1.54) is 0 Å². The van der Waals surface area contributed by atoms with Crippen LogP contribution in [-0.2, 0) is 4.79 Å². The van der Waals surface area contributed by atoms with E-state index >= 15 is 0 Å². The van der Waals surface area contributed by atoms with Gasteiger partial charge in [0.05, 0.1) is 16.5 Å². The van der Waals surface area contributed by atoms with E-state index in [1.54, 1.807) is 0 Å². The van der Waals surface area contributed by atoms with Gasteiger partial charge in [-0.15, -0.1) is 0 Å². The van der Waals surface area contributed by atoms with Gasteiger partial charge >= 0.3 is 6.01 Å². The Bertz CT molecular complexity index is 1410. The zero-order valence-electron chi connectivity index (χ0n) is 18.0. The summed E-state index contributed by atoms with van der Waals surface area (Å²) in [6, 6.07) is 15.4. The van der Waals surface area contributed by atoms with Gasteiger partial charge in [0, 0.05) is 5.70 Å². The minimum atomic E-state index is -0.618. The number of rotatable bonds is 3. The molecule has 1 aliphatic heterocycles. The number of para-hydroxylation sites is 3. The van der Waals surface area contributed by atoms with Crippen LogP contribution in [0.5, 0.6) is 0 Å². The summed E-state index contributed by atoms with van der Waals surface area (Å²) in [7, 11) is 0. The molecule has 1 saturated carbocycles. The van der Waals surface area contributed by atoms with Gasteiger partial charge in [-0.05, 0) is 44.0 Å². The zero-order valence-corrected chi connectivity index (χ0v) is 18.0. The van der Waals surface area contributed by atoms with E-state index in [4.69, 9.17) is 13.9 Å². The topological polar surface area (TPSA) is 118 Å². The molecule has 2 aromatic heterocycles. The molecule has 0 radical (unpaired) electrons. The first kappa shape index (κ1) is 19.5. The molecule has 1 aliphatic carbocycles. The number of guanidine groups is 1. The maximum Gasteiger partial charge on any atom is 0.302 e. The molecule has 1 fully saturated rings. The molecule has 6 rings (SSSR count). The highest BCUT2D eigenvalue weighted by molar-refractivity contribution is 6.10. The van der Waals surface area contributed by atoms with Crippen LogP contribution in [0.25, 0.3) is 22.1 Å². The van der Waals surface area contributed by atoms with Crippen LogP contribution < -0.4 is 16.0 Å². The third-order valence-corrected chi connectivity index (χ3v) is 6.26. The number of oxazole rings is 1. The molecule has 0 saturated heterocycles. The Morgan fingerprint density at radius 3 is 2.64 bits per heavy atom. The fourth-order valence-electron chi connectivity index (χ4n) is 4.82. The number of benzene rings is 2. The van der Waals surface area contributed by atoms with E-state index in [1.807, 2.05) is 55.5 Å². The Hall–Kier alpha value is -4.14. The molecule has 4 aromatic rings. The number of allylic oxidation sites excluding steroid dienone is 1. The van der Waals surface area contributed by atoms with Gasteiger partial charge in [-0.3, -0.25) is 10.1 Å². The van der Waals surface area contributed by atoms with Gasteiger partial charge in [-0.25, -0.2) is 4.99 Å². The molecular formula is C24H22N6O3. The molecular weight excluding hydrogens is 420 g/mol. The molecule has 9 nitrogen and oxygen atoms in total. The van der Waals surface area contributed by atoms with Crippen molar-refractivity contribution in [1.82, 2.24) is 15.5 Å². The first-order valence-corrected chi connectivity index (χ1v) is 11.0. The van der Waals surface area contributed by atoms with Crippen molar-refractivity contribution in [3.05, 3.63) is 59.8 Å². The highest BCUT2D eigenvalue weighted by Gasteiger charge is 2.45. The van der Waals surface area contributed by atoms with Gasteiger partial charge in [-0.1, -0.05) is 42.3 Å². The first-order valence-electron chi connectivity index (χ1n) is 11.0. The van der Waals surface area contributed by atoms with Crippen LogP contribution in [0.1, 0.15) is 32.6 Å². The first-order chi connectivity index (χ1) is 16.1. The number of anilines is 2. The van der Waals surface area contributed by atoms with Crippen molar-refractivity contribution in [1.29, 1.82) is 0 Å². The Morgan fingerprint density at radius 2 is 1.82 bits per heavy atom. The van der Waals surface area contributed by atoms with E-state index in [0.717, 1.165) is 42.3 Å². The van der Waals surface area contributed by atoms with Gasteiger partial charge in [0.25, 0.3) is 5.91 Å². The fourth-order valence-corrected chi connectivity index (χ4v) is 4.82. The number of nitrogens with zero attached hydrogens (tertiary/aromatic N) is 3. The molecule has 1 amide bonds. The van der Waals surface area contributed by atoms with Crippen molar-refractivity contribution in [3.8, 4) is 0 Å². The van der Waals surface area contributed by atoms with Crippen molar-refractivity contribution in [2.24, 2.45) is 4.99 Å². The van der Waals surface area contributed by atoms with Crippen molar-refractivity contribution in [2.75, 3.05) is 10.6 Å². The Labute approximate surface area is 188 Å². The molecule has 2 aliphatic rings. The minimum Gasteiger partial charge on any atom is -0.423 e. The quantitative estimate of drug-likeness (QED) is 0.425. The number of hydrogen-bond acceptors (Lipinski definition) is 8. The lowest BCUT2D eigenvalue weighted by Gasteiger charge is -2.34. The number of aromatic nitrogens is 2. The summed E-state index contributed by atoms with van der Waals surface area (Å²) in [6.07, 6.45) is 3.56. The third kappa shape index (κ3) is 3.32. The summed E-state index contributed by atoms with van der Waals surface area (Å²) in [4.78, 5) is 22.9. The Balaban J connectivity index is 1.30. The lowest BCUT2D eigenvalue weighted by molar-refractivity contribution is -0.113. The summed E-state index contributed by atoms with van der Waals surface area (Å²) in [5.74, 6) is 0.693. The largest absolute Gasteiger partial charge is 0.423 e. The van der Waals surface area contributed by atoms with Crippen LogP contribution >= 0.6 is 0 Å². The van der Waals surface area contributed by atoms with Gasteiger partial charge in [-0.2, -0.15) is 4.98 Å². The number of fused-ring (bicyclic) bond motifs is 2. The Kier molecular flexibility index (Phi) is 4.42. The molecule has 3 N–H and O–H groups in total. The minimum absolute atomic E-state index is 0.231. The molecule has 0 atom stereocenters. The predicted molar refractivity (Wildman–Crippen MR) is 125 cm³/mol. The second-order valence-corrected chi connectivity index (χ2v) is 8.42. The molecule has 166 valence electrons. The van der Waals surface area contributed by atoms with E-state index in [-0.39, 0.29) is 5.91 Å². The van der Waals surface area contributed by atoms with E-state index in [9.17, 15) is 4.79 Å². The molecule has 0 unspecified atom stereocenters. The van der Waals surface area contributed by atoms with Crippen LogP contribution in [-0.4, -0.2) is 27.5 Å². The second kappa shape index (κ2) is 7.47. The maximum absolute atomic E-state index is 13.5. The molecule has 0 bridgehead atoms. The average molecular weight is 442 g/mol. The van der Waals surface area contributed by atoms with Crippen molar-refractivity contribution in [2.45, 2.75) is 38.1 Å². The highest BCUT2D eigenvalue weighted by atomic mass is 16.5. The normalized spacial score (nSPS) is 17.4. The summed E-state index contributed by atoms with van der Waals surface area (Å²) in [5.41, 5.74) is 2.82. The van der Waals surface area contributed by atoms with Crippen LogP contribution in [0.3, 0.4) is 0 Å². The van der Waals surface area contributed by atoms with Gasteiger partial charge in [0.1, 0.15) is 5.52 Å². The SMILES string of the molecule is CC1=C(C(=O)Nc2noc3ccccc23)C2(CCCC2)N=C(Nc2nc3ccccc3o2)N1. The maximum atomic E-state index is 13.5. The fraction of sp³-hybridized carbons (Fsp3) is 0.250. The number of amides is 1. The van der Waals surface area contributed by atoms with Crippen LogP contribution in [0, 0.1) is 0 Å². The standard InChI is InChI=1S/C24H22N6O3/c1-14-19(21(31)27-20-15-8-2-4-10-17(15)33-30-20)24(12-6-7-13-24)29-22(25-14)28-23-26-16-9-3-5-11-18(16)32-23/h2-5,8-11H,6-7,12-13H2,1H3,(H,27,30,31)(H2,25,26,28,29). The van der Waals surface area contributed by atoms with E-state index in [2.05, 4.69) is 26.1 Å². The molecule has 9 heteroatoms. The predicted octanol–water partition coefficient (Wildman–Crippen LogP) is 4.57. The number of carbonyl (C=O) groups excluding carboxylic acids is 1. The van der Waals surface area contributed by atoms with Crippen LogP contribution in [0.2, 0.25) is 0 Å². The molecule has 2 aromatic carbocycles. The third-order valence-electron chi connectivity index (χ3n) is 6.26. The average Bonchev–Trinajstić information content (AvgIpc) is 3.52. The van der Waals surface area contributed by atoms with E-state index in [0.29, 0.717) is 34.5 Å². The summed E-state index contributed by atoms with van der Waals surface area (Å²) in [6.45, 7) is 1.89. The zero-order chi connectivity index (χ0) is 22.4. The van der Waals surface area contributed by atoms with Crippen molar-refractivity contribution >= 4 is 45.8 Å². The monoisotopic (exact) mass is 442 g/mol. The Morgan fingerprint density at radius 1 is 1.06 bits per heavy atom. The van der Waals surface area contributed by atoms with Gasteiger partial charge in [0.2, 0.25) is 5.96 Å². The highest BCUT2D eigenvalue weighted by Crippen LogP contribution is 2.42. The van der Waals surface area contributed by atoms with Gasteiger partial charge in [0.15, 0.2) is 17.0 Å². The molecule has 1 spiro atoms. The van der Waals surface area contributed by atoms with Crippen LogP contribution in [0.15, 0.2) is 73.7 Å². The second-order valence-electron chi connectivity index (χ2n) is 8.42. The number of hydrogen-bond donors (Lipinski definition) is 3. The summed E-state index contributed by atoms with van der Waals surface area (Å²) < 4.78 is 11.1. The lowest BCUT2D eigenvalue weighted by atomic mass is 9.85. The number of aliphatic imine (C=N–C) groups is 1. The van der Waals surface area contributed by atoms with Crippen LogP contribution in [0.4, 0.5) is 11.8 Å². The summed E-state index contributed by atoms with van der Waals surface area (Å²) in [5, 5.41) is 14.1. The van der Waals surface area contributed by atoms with E-state index < -0.39 is 5.54 Å². The van der Waals surface area contributed by atoms with Crippen molar-refractivity contribution in [3.63, 3.8) is 0 Å². The van der Waals surface area contributed by atoms with Gasteiger partial charge < -0.3 is 19.6 Å². The molecule has 33 heavy (non-hydrogen) atoms. The summed E-state index contributed by atoms with van der Waals surface area (Å²) >= 11 is 0. The number of carbonyl (C=O) groups is 1. The lowest BCUT2D eigenvalue weighted by Crippen LogP contribution is -2.45. The number of nitrogens with one attached hydrogen (secondary N) is 3. The smallest absolute Gasteiger partial charge is 0.302 e. The van der Waals surface area contributed by atoms with Crippen molar-refractivity contribution < 1.29 is 13.7 Å².